The first-order chi connectivity index (χ1) is 15.6. The molecule has 5 nitrogen and oxygen atoms in total. The van der Waals surface area contributed by atoms with Crippen molar-refractivity contribution in [2.45, 2.75) is 19.9 Å². The molecule has 5 rings (SSSR count). The molecule has 2 aliphatic heterocycles. The molecule has 3 aromatic rings. The van der Waals surface area contributed by atoms with Crippen LogP contribution in [0, 0.1) is 5.92 Å². The van der Waals surface area contributed by atoms with Crippen molar-refractivity contribution in [3.05, 3.63) is 108 Å². The molecule has 1 aromatic heterocycles. The highest BCUT2D eigenvalue weighted by atomic mass is 16.2. The van der Waals surface area contributed by atoms with Gasteiger partial charge >= 0.3 is 0 Å². The first-order valence-electron chi connectivity index (χ1n) is 10.7. The Balaban J connectivity index is 0.00000119. The van der Waals surface area contributed by atoms with Gasteiger partial charge in [0.25, 0.3) is 5.91 Å². The zero-order chi connectivity index (χ0) is 22.7. The molecule has 32 heavy (non-hydrogen) atoms. The molecule has 3 heterocycles. The lowest BCUT2D eigenvalue weighted by Gasteiger charge is -2.12. The lowest BCUT2D eigenvalue weighted by atomic mass is 10.0. The van der Waals surface area contributed by atoms with E-state index in [9.17, 15) is 4.79 Å². The Morgan fingerprint density at radius 3 is 2.50 bits per heavy atom. The number of hydrogen-bond acceptors (Lipinski definition) is 4. The lowest BCUT2D eigenvalue weighted by molar-refractivity contribution is 0.0964. The molecule has 0 spiro atoms. The standard InChI is InChI=1S/C26H23N3O.CH4O/c1-17-14-18(2)27-23(17)16-21-12-13-22(28-21)25-15-20-10-6-7-11-24(20)29(25)26(30)19-8-4-3-5-9-19;1-2/h3-17,23,27H,1-2H3;2H,1H3/b21-16+;. The van der Waals surface area contributed by atoms with Gasteiger partial charge in [0.1, 0.15) is 0 Å². The predicted molar refractivity (Wildman–Crippen MR) is 130 cm³/mol. The Morgan fingerprint density at radius 2 is 1.78 bits per heavy atom. The third kappa shape index (κ3) is 4.07. The fraction of sp³-hybridized carbons (Fsp3) is 0.185. The van der Waals surface area contributed by atoms with Crippen LogP contribution in [0.25, 0.3) is 10.9 Å². The van der Waals surface area contributed by atoms with E-state index in [0.717, 1.165) is 35.1 Å². The highest BCUT2D eigenvalue weighted by Gasteiger charge is 2.23. The van der Waals surface area contributed by atoms with Crippen LogP contribution in [0.4, 0.5) is 0 Å². The van der Waals surface area contributed by atoms with Crippen molar-refractivity contribution in [2.75, 3.05) is 7.11 Å². The second-order valence-electron chi connectivity index (χ2n) is 7.90. The Bertz CT molecular complexity index is 1260. The van der Waals surface area contributed by atoms with Crippen molar-refractivity contribution in [1.82, 2.24) is 9.88 Å². The van der Waals surface area contributed by atoms with Crippen LogP contribution in [0.1, 0.15) is 29.9 Å². The van der Waals surface area contributed by atoms with Crippen molar-refractivity contribution in [3.63, 3.8) is 0 Å². The van der Waals surface area contributed by atoms with Gasteiger partial charge in [0, 0.05) is 23.8 Å². The Labute approximate surface area is 188 Å². The third-order valence-electron chi connectivity index (χ3n) is 5.68. The summed E-state index contributed by atoms with van der Waals surface area (Å²) in [6, 6.07) is 19.6. The predicted octanol–water partition coefficient (Wildman–Crippen LogP) is 4.69. The number of allylic oxidation sites excluding steroid dienone is 3. The van der Waals surface area contributed by atoms with Gasteiger partial charge in [-0.15, -0.1) is 0 Å². The molecule has 0 radical (unpaired) electrons. The van der Waals surface area contributed by atoms with E-state index in [2.05, 4.69) is 31.3 Å². The molecule has 0 aliphatic carbocycles. The van der Waals surface area contributed by atoms with Gasteiger partial charge in [0.05, 0.1) is 28.7 Å². The van der Waals surface area contributed by atoms with Gasteiger partial charge in [-0.2, -0.15) is 0 Å². The lowest BCUT2D eigenvalue weighted by Crippen LogP contribution is -2.24. The minimum Gasteiger partial charge on any atom is -0.400 e. The number of para-hydroxylation sites is 1. The second-order valence-corrected chi connectivity index (χ2v) is 7.90. The van der Waals surface area contributed by atoms with Gasteiger partial charge < -0.3 is 10.4 Å². The molecule has 0 amide bonds. The molecule has 0 saturated carbocycles. The molecular weight excluding hydrogens is 398 g/mol. The van der Waals surface area contributed by atoms with Crippen molar-refractivity contribution in [3.8, 4) is 0 Å². The van der Waals surface area contributed by atoms with E-state index < -0.39 is 0 Å². The maximum atomic E-state index is 13.4. The summed E-state index contributed by atoms with van der Waals surface area (Å²) >= 11 is 0. The second kappa shape index (κ2) is 9.20. The summed E-state index contributed by atoms with van der Waals surface area (Å²) in [5.41, 5.74) is 5.28. The summed E-state index contributed by atoms with van der Waals surface area (Å²) in [4.78, 5) is 18.2. The summed E-state index contributed by atoms with van der Waals surface area (Å²) in [6.07, 6.45) is 8.41. The van der Waals surface area contributed by atoms with E-state index in [4.69, 9.17) is 10.1 Å². The van der Waals surface area contributed by atoms with Gasteiger partial charge in [-0.3, -0.25) is 9.36 Å². The van der Waals surface area contributed by atoms with Crippen molar-refractivity contribution >= 4 is 22.5 Å². The van der Waals surface area contributed by atoms with Crippen LogP contribution in [-0.2, 0) is 0 Å². The summed E-state index contributed by atoms with van der Waals surface area (Å²) in [5.74, 6) is 0.377. The maximum absolute atomic E-state index is 13.4. The van der Waals surface area contributed by atoms with E-state index in [-0.39, 0.29) is 11.9 Å². The molecule has 5 heteroatoms. The van der Waals surface area contributed by atoms with Gasteiger partial charge in [-0.1, -0.05) is 49.4 Å². The Hall–Kier alpha value is -3.70. The highest BCUT2D eigenvalue weighted by Crippen LogP contribution is 2.26. The van der Waals surface area contributed by atoms with E-state index in [1.165, 1.54) is 5.70 Å². The Morgan fingerprint density at radius 1 is 1.06 bits per heavy atom. The van der Waals surface area contributed by atoms with Gasteiger partial charge in [0.2, 0.25) is 0 Å². The fourth-order valence-corrected chi connectivity index (χ4v) is 4.20. The number of nitrogens with zero attached hydrogens (tertiary/aromatic N) is 2. The smallest absolute Gasteiger partial charge is 0.262 e. The monoisotopic (exact) mass is 425 g/mol. The van der Waals surface area contributed by atoms with Crippen LogP contribution in [0.3, 0.4) is 0 Å². The number of rotatable bonds is 3. The number of aliphatic hydroxyl groups excluding tert-OH is 1. The normalized spacial score (nSPS) is 20.6. The number of aliphatic hydroxyl groups is 1. The minimum absolute atomic E-state index is 0.0498. The van der Waals surface area contributed by atoms with E-state index >= 15 is 0 Å². The average Bonchev–Trinajstić information content (AvgIpc) is 3.52. The van der Waals surface area contributed by atoms with E-state index in [0.29, 0.717) is 11.5 Å². The largest absolute Gasteiger partial charge is 0.400 e. The SMILES string of the molecule is CC1=CC(C)C(/C=C2\C=CC(c3cc4ccccc4n3C(=O)c3ccccc3)=N2)N1.CO. The topological polar surface area (TPSA) is 66.6 Å². The molecule has 2 unspecified atom stereocenters. The van der Waals surface area contributed by atoms with Gasteiger partial charge in [-0.25, -0.2) is 4.99 Å². The fourth-order valence-electron chi connectivity index (χ4n) is 4.20. The molecule has 0 saturated heterocycles. The number of nitrogens with one attached hydrogen (secondary N) is 1. The number of carbonyl (C=O) groups excluding carboxylic acids is 1. The highest BCUT2D eigenvalue weighted by molar-refractivity contribution is 6.16. The van der Waals surface area contributed by atoms with Crippen LogP contribution >= 0.6 is 0 Å². The van der Waals surface area contributed by atoms with Crippen LogP contribution in [-0.4, -0.2) is 34.4 Å². The number of carbonyl (C=O) groups is 1. The first-order valence-corrected chi connectivity index (χ1v) is 10.7. The van der Waals surface area contributed by atoms with Crippen LogP contribution in [0.5, 0.6) is 0 Å². The quantitative estimate of drug-likeness (QED) is 0.640. The third-order valence-corrected chi connectivity index (χ3v) is 5.68. The molecule has 0 fully saturated rings. The van der Waals surface area contributed by atoms with Crippen LogP contribution in [0.15, 0.2) is 101 Å². The molecule has 2 aromatic carbocycles. The molecule has 2 N–H and O–H groups in total. The van der Waals surface area contributed by atoms with Gasteiger partial charge in [0.15, 0.2) is 0 Å². The van der Waals surface area contributed by atoms with E-state index in [1.54, 1.807) is 4.57 Å². The van der Waals surface area contributed by atoms with Crippen LogP contribution < -0.4 is 5.32 Å². The number of fused-ring (bicyclic) bond motifs is 1. The summed E-state index contributed by atoms with van der Waals surface area (Å²) in [6.45, 7) is 4.28. The maximum Gasteiger partial charge on any atom is 0.262 e. The molecule has 162 valence electrons. The zero-order valence-corrected chi connectivity index (χ0v) is 18.5. The molecule has 0 bridgehead atoms. The average molecular weight is 426 g/mol. The van der Waals surface area contributed by atoms with Gasteiger partial charge in [-0.05, 0) is 55.3 Å². The van der Waals surface area contributed by atoms with Crippen molar-refractivity contribution < 1.29 is 9.90 Å². The number of benzene rings is 2. The minimum atomic E-state index is -0.0498. The Kier molecular flexibility index (Phi) is 6.19. The molecule has 2 aliphatic rings. The first kappa shape index (κ1) is 21.5. The number of aliphatic imine (C=N–C) groups is 1. The molecule has 2 atom stereocenters. The van der Waals surface area contributed by atoms with Crippen LogP contribution in [0.2, 0.25) is 0 Å². The zero-order valence-electron chi connectivity index (χ0n) is 18.5. The summed E-state index contributed by atoms with van der Waals surface area (Å²) in [7, 11) is 1.00. The number of aromatic nitrogens is 1. The van der Waals surface area contributed by atoms with Crippen molar-refractivity contribution in [2.24, 2.45) is 10.9 Å². The number of hydrogen-bond donors (Lipinski definition) is 2. The van der Waals surface area contributed by atoms with Crippen molar-refractivity contribution in [1.29, 1.82) is 0 Å². The molecular formula is C27H27N3O2. The summed E-state index contributed by atoms with van der Waals surface area (Å²) < 4.78 is 1.78. The summed E-state index contributed by atoms with van der Waals surface area (Å²) in [5, 5.41) is 11.5. The van der Waals surface area contributed by atoms with E-state index in [1.807, 2.05) is 72.8 Å².